The fourth-order valence-corrected chi connectivity index (χ4v) is 2.51. The van der Waals surface area contributed by atoms with Crippen molar-refractivity contribution in [3.8, 4) is 0 Å². The number of hydrogen-bond donors (Lipinski definition) is 1. The average Bonchev–Trinajstić information content (AvgIpc) is 2.52. The first-order chi connectivity index (χ1) is 10.2. The van der Waals surface area contributed by atoms with Crippen molar-refractivity contribution >= 4 is 5.78 Å². The summed E-state index contributed by atoms with van der Waals surface area (Å²) in [5.41, 5.74) is 2.07. The number of Topliss-reactive ketones (excluding diaryl/α,β-unsaturated/α-hetero) is 1. The standard InChI is InChI=1S/C19H23NO/c1-15(2)19(17-11-7-4-8-12-17)20-14-13-18(21)16-9-5-3-6-10-16/h3-12,15,19-20H,13-14H2,1-2H3. The van der Waals surface area contributed by atoms with Crippen molar-refractivity contribution in [3.05, 3.63) is 71.8 Å². The molecule has 0 heterocycles. The Balaban J connectivity index is 1.90. The Bertz CT molecular complexity index is 548. The molecule has 2 rings (SSSR count). The Hall–Kier alpha value is -1.93. The zero-order valence-corrected chi connectivity index (χ0v) is 12.8. The largest absolute Gasteiger partial charge is 0.309 e. The van der Waals surface area contributed by atoms with Gasteiger partial charge >= 0.3 is 0 Å². The van der Waals surface area contributed by atoms with Crippen molar-refractivity contribution in [2.24, 2.45) is 5.92 Å². The molecule has 0 fully saturated rings. The van der Waals surface area contributed by atoms with Crippen LogP contribution in [0.1, 0.15) is 42.2 Å². The second kappa shape index (κ2) is 7.75. The van der Waals surface area contributed by atoms with Gasteiger partial charge in [-0.25, -0.2) is 0 Å². The van der Waals surface area contributed by atoms with E-state index in [4.69, 9.17) is 0 Å². The van der Waals surface area contributed by atoms with Crippen LogP contribution >= 0.6 is 0 Å². The summed E-state index contributed by atoms with van der Waals surface area (Å²) >= 11 is 0. The molecule has 1 unspecified atom stereocenters. The first-order valence-electron chi connectivity index (χ1n) is 7.55. The summed E-state index contributed by atoms with van der Waals surface area (Å²) in [6.45, 7) is 5.10. The summed E-state index contributed by atoms with van der Waals surface area (Å²) < 4.78 is 0. The van der Waals surface area contributed by atoms with Gasteiger partial charge in [0, 0.05) is 24.6 Å². The van der Waals surface area contributed by atoms with Gasteiger partial charge in [-0.1, -0.05) is 74.5 Å². The molecule has 2 nitrogen and oxygen atoms in total. The summed E-state index contributed by atoms with van der Waals surface area (Å²) in [5, 5.41) is 3.52. The molecule has 2 aromatic carbocycles. The van der Waals surface area contributed by atoms with Crippen LogP contribution in [-0.4, -0.2) is 12.3 Å². The lowest BCUT2D eigenvalue weighted by molar-refractivity contribution is 0.0980. The number of benzene rings is 2. The maximum atomic E-state index is 12.1. The molecule has 0 amide bonds. The topological polar surface area (TPSA) is 29.1 Å². The van der Waals surface area contributed by atoms with Crippen LogP contribution in [0.5, 0.6) is 0 Å². The lowest BCUT2D eigenvalue weighted by Gasteiger charge is -2.23. The first-order valence-corrected chi connectivity index (χ1v) is 7.55. The molecule has 0 saturated heterocycles. The van der Waals surface area contributed by atoms with Crippen molar-refractivity contribution in [1.29, 1.82) is 0 Å². The molecule has 2 heteroatoms. The highest BCUT2D eigenvalue weighted by atomic mass is 16.1. The highest BCUT2D eigenvalue weighted by Gasteiger charge is 2.15. The molecule has 0 spiro atoms. The van der Waals surface area contributed by atoms with E-state index < -0.39 is 0 Å². The number of rotatable bonds is 7. The van der Waals surface area contributed by atoms with E-state index in [0.717, 1.165) is 5.56 Å². The third kappa shape index (κ3) is 4.54. The van der Waals surface area contributed by atoms with Crippen LogP contribution in [0.4, 0.5) is 0 Å². The monoisotopic (exact) mass is 281 g/mol. The lowest BCUT2D eigenvalue weighted by Crippen LogP contribution is -2.28. The zero-order valence-electron chi connectivity index (χ0n) is 12.8. The van der Waals surface area contributed by atoms with E-state index in [0.29, 0.717) is 18.9 Å². The summed E-state index contributed by atoms with van der Waals surface area (Å²) in [7, 11) is 0. The normalized spacial score (nSPS) is 12.3. The van der Waals surface area contributed by atoms with Crippen molar-refractivity contribution in [1.82, 2.24) is 5.32 Å². The van der Waals surface area contributed by atoms with Crippen LogP contribution in [0.25, 0.3) is 0 Å². The van der Waals surface area contributed by atoms with E-state index in [1.54, 1.807) is 0 Å². The molecular formula is C19H23NO. The first kappa shape index (κ1) is 15.5. The minimum Gasteiger partial charge on any atom is -0.309 e. The zero-order chi connectivity index (χ0) is 15.1. The van der Waals surface area contributed by atoms with Gasteiger partial charge in [-0.2, -0.15) is 0 Å². The van der Waals surface area contributed by atoms with Gasteiger partial charge in [0.25, 0.3) is 0 Å². The molecule has 0 bridgehead atoms. The number of carbonyl (C=O) groups excluding carboxylic acids is 1. The van der Waals surface area contributed by atoms with E-state index in [1.807, 2.05) is 36.4 Å². The van der Waals surface area contributed by atoms with E-state index in [9.17, 15) is 4.79 Å². The van der Waals surface area contributed by atoms with Gasteiger partial charge in [0.1, 0.15) is 0 Å². The Morgan fingerprint density at radius 2 is 1.52 bits per heavy atom. The molecule has 0 aliphatic rings. The SMILES string of the molecule is CC(C)C(NCCC(=O)c1ccccc1)c1ccccc1. The molecule has 1 N–H and O–H groups in total. The lowest BCUT2D eigenvalue weighted by atomic mass is 9.96. The number of ketones is 1. The smallest absolute Gasteiger partial charge is 0.164 e. The molecule has 0 aliphatic heterocycles. The molecule has 110 valence electrons. The molecular weight excluding hydrogens is 258 g/mol. The number of nitrogens with one attached hydrogen (secondary N) is 1. The average molecular weight is 281 g/mol. The van der Waals surface area contributed by atoms with Gasteiger partial charge in [-0.3, -0.25) is 4.79 Å². The van der Waals surface area contributed by atoms with E-state index in [1.165, 1.54) is 5.56 Å². The maximum Gasteiger partial charge on any atom is 0.164 e. The number of hydrogen-bond acceptors (Lipinski definition) is 2. The van der Waals surface area contributed by atoms with Crippen LogP contribution < -0.4 is 5.32 Å². The molecule has 0 aliphatic carbocycles. The number of carbonyl (C=O) groups is 1. The highest BCUT2D eigenvalue weighted by molar-refractivity contribution is 5.96. The summed E-state index contributed by atoms with van der Waals surface area (Å²) in [6.07, 6.45) is 0.528. The van der Waals surface area contributed by atoms with Crippen molar-refractivity contribution < 1.29 is 4.79 Å². The van der Waals surface area contributed by atoms with Crippen LogP contribution in [0, 0.1) is 5.92 Å². The third-order valence-corrected chi connectivity index (χ3v) is 3.64. The second-order valence-electron chi connectivity index (χ2n) is 5.63. The predicted molar refractivity (Wildman–Crippen MR) is 87.4 cm³/mol. The maximum absolute atomic E-state index is 12.1. The quantitative estimate of drug-likeness (QED) is 0.769. The minimum absolute atomic E-state index is 0.193. The van der Waals surface area contributed by atoms with E-state index in [2.05, 4.69) is 43.4 Å². The second-order valence-corrected chi connectivity index (χ2v) is 5.63. The van der Waals surface area contributed by atoms with Gasteiger partial charge < -0.3 is 5.32 Å². The minimum atomic E-state index is 0.193. The Morgan fingerprint density at radius 1 is 0.952 bits per heavy atom. The Labute approximate surface area is 127 Å². The molecule has 21 heavy (non-hydrogen) atoms. The van der Waals surface area contributed by atoms with E-state index in [-0.39, 0.29) is 11.8 Å². The van der Waals surface area contributed by atoms with Crippen LogP contribution in [-0.2, 0) is 0 Å². The molecule has 0 radical (unpaired) electrons. The van der Waals surface area contributed by atoms with Gasteiger partial charge in [-0.15, -0.1) is 0 Å². The fourth-order valence-electron chi connectivity index (χ4n) is 2.51. The van der Waals surface area contributed by atoms with Crippen LogP contribution in [0.2, 0.25) is 0 Å². The summed E-state index contributed by atoms with van der Waals surface area (Å²) in [5.74, 6) is 0.679. The van der Waals surface area contributed by atoms with Crippen molar-refractivity contribution in [3.63, 3.8) is 0 Å². The van der Waals surface area contributed by atoms with Gasteiger partial charge in [0.2, 0.25) is 0 Å². The third-order valence-electron chi connectivity index (χ3n) is 3.64. The molecule has 2 aromatic rings. The fraction of sp³-hybridized carbons (Fsp3) is 0.316. The summed E-state index contributed by atoms with van der Waals surface area (Å²) in [4.78, 5) is 12.1. The van der Waals surface area contributed by atoms with Gasteiger partial charge in [0.15, 0.2) is 5.78 Å². The molecule has 0 saturated carbocycles. The van der Waals surface area contributed by atoms with Crippen LogP contribution in [0.15, 0.2) is 60.7 Å². The summed E-state index contributed by atoms with van der Waals surface area (Å²) in [6, 6.07) is 20.2. The predicted octanol–water partition coefficient (Wildman–Crippen LogP) is 4.25. The van der Waals surface area contributed by atoms with Crippen LogP contribution in [0.3, 0.4) is 0 Å². The van der Waals surface area contributed by atoms with E-state index >= 15 is 0 Å². The highest BCUT2D eigenvalue weighted by Crippen LogP contribution is 2.21. The Kier molecular flexibility index (Phi) is 5.70. The van der Waals surface area contributed by atoms with Crippen molar-refractivity contribution in [2.45, 2.75) is 26.3 Å². The molecule has 0 aromatic heterocycles. The van der Waals surface area contributed by atoms with Gasteiger partial charge in [-0.05, 0) is 11.5 Å². The van der Waals surface area contributed by atoms with Gasteiger partial charge in [0.05, 0.1) is 0 Å². The van der Waals surface area contributed by atoms with Crippen molar-refractivity contribution in [2.75, 3.05) is 6.54 Å². The Morgan fingerprint density at radius 3 is 2.10 bits per heavy atom. The molecule has 1 atom stereocenters.